The second kappa shape index (κ2) is 9.42. The topological polar surface area (TPSA) is 54.0 Å². The van der Waals surface area contributed by atoms with Crippen LogP contribution in [-0.2, 0) is 11.2 Å². The molecule has 5 nitrogen and oxygen atoms in total. The van der Waals surface area contributed by atoms with E-state index in [0.717, 1.165) is 29.0 Å². The fourth-order valence-electron chi connectivity index (χ4n) is 3.09. The van der Waals surface area contributed by atoms with Gasteiger partial charge in [-0.2, -0.15) is 0 Å². The van der Waals surface area contributed by atoms with Gasteiger partial charge in [0.05, 0.1) is 13.2 Å². The fourth-order valence-corrected chi connectivity index (χ4v) is 3.09. The molecule has 0 saturated heterocycles. The van der Waals surface area contributed by atoms with Crippen LogP contribution >= 0.6 is 0 Å². The normalized spacial score (nSPS) is 15.3. The Kier molecular flexibility index (Phi) is 6.71. The molecule has 1 unspecified atom stereocenters. The number of hydrogen-bond acceptors (Lipinski definition) is 5. The highest BCUT2D eigenvalue weighted by molar-refractivity contribution is 6.07. The third-order valence-corrected chi connectivity index (χ3v) is 4.44. The largest absolute Gasteiger partial charge is 0.493 e. The van der Waals surface area contributed by atoms with Gasteiger partial charge in [0, 0.05) is 30.2 Å². The van der Waals surface area contributed by atoms with Crippen LogP contribution in [0.25, 0.3) is 6.08 Å². The molecule has 0 spiro atoms. The van der Waals surface area contributed by atoms with E-state index in [1.54, 1.807) is 43.5 Å². The second-order valence-corrected chi connectivity index (χ2v) is 6.63. The predicted octanol–water partition coefficient (Wildman–Crippen LogP) is 4.33. The SMILES string of the molecule is CCOc1cc2c(cc1C=CC(=O)c1ccc(OCCOC)cc1)OC(C)C2. The van der Waals surface area contributed by atoms with Crippen LogP contribution in [0.4, 0.5) is 0 Å². The Hall–Kier alpha value is -2.79. The zero-order valence-electron chi connectivity index (χ0n) is 16.6. The first-order chi connectivity index (χ1) is 13.6. The number of methoxy groups -OCH3 is 1. The molecule has 0 bridgehead atoms. The van der Waals surface area contributed by atoms with Gasteiger partial charge >= 0.3 is 0 Å². The minimum Gasteiger partial charge on any atom is -0.493 e. The summed E-state index contributed by atoms with van der Waals surface area (Å²) in [6, 6.07) is 11.0. The molecule has 3 rings (SSSR count). The molecule has 0 saturated carbocycles. The first kappa shape index (κ1) is 20.0. The molecular formula is C23H26O5. The van der Waals surface area contributed by atoms with Crippen molar-refractivity contribution < 1.29 is 23.7 Å². The standard InChI is InChI=1S/C23H26O5/c1-4-26-22-15-19-13-16(2)28-23(19)14-18(22)7-10-21(24)17-5-8-20(9-6-17)27-12-11-25-3/h5-10,14-16H,4,11-13H2,1-3H3. The summed E-state index contributed by atoms with van der Waals surface area (Å²) in [6.07, 6.45) is 4.37. The molecule has 148 valence electrons. The average Bonchev–Trinajstić information content (AvgIpc) is 3.05. The van der Waals surface area contributed by atoms with Crippen LogP contribution in [0, 0.1) is 0 Å². The number of allylic oxidation sites excluding steroid dienone is 1. The zero-order chi connectivity index (χ0) is 19.9. The molecule has 2 aromatic rings. The van der Waals surface area contributed by atoms with Crippen molar-refractivity contribution in [2.24, 2.45) is 0 Å². The molecule has 0 N–H and O–H groups in total. The van der Waals surface area contributed by atoms with Gasteiger partial charge < -0.3 is 18.9 Å². The van der Waals surface area contributed by atoms with E-state index < -0.39 is 0 Å². The quantitative estimate of drug-likeness (QED) is 0.367. The highest BCUT2D eigenvalue weighted by Gasteiger charge is 2.21. The lowest BCUT2D eigenvalue weighted by Crippen LogP contribution is -2.05. The minimum atomic E-state index is -0.0827. The van der Waals surface area contributed by atoms with Gasteiger partial charge in [-0.05, 0) is 62.4 Å². The van der Waals surface area contributed by atoms with Crippen molar-refractivity contribution in [1.82, 2.24) is 0 Å². The highest BCUT2D eigenvalue weighted by atomic mass is 16.5. The molecule has 1 heterocycles. The summed E-state index contributed by atoms with van der Waals surface area (Å²) in [7, 11) is 1.63. The summed E-state index contributed by atoms with van der Waals surface area (Å²) in [5, 5.41) is 0. The van der Waals surface area contributed by atoms with Gasteiger partial charge in [0.2, 0.25) is 0 Å². The third-order valence-electron chi connectivity index (χ3n) is 4.44. The van der Waals surface area contributed by atoms with Crippen LogP contribution in [0.3, 0.4) is 0 Å². The van der Waals surface area contributed by atoms with Gasteiger partial charge in [-0.1, -0.05) is 0 Å². The van der Waals surface area contributed by atoms with Crippen LogP contribution in [0.15, 0.2) is 42.5 Å². The monoisotopic (exact) mass is 382 g/mol. The first-order valence-corrected chi connectivity index (χ1v) is 9.51. The molecule has 28 heavy (non-hydrogen) atoms. The predicted molar refractivity (Wildman–Crippen MR) is 109 cm³/mol. The molecule has 5 heteroatoms. The Morgan fingerprint density at radius 2 is 1.96 bits per heavy atom. The van der Waals surface area contributed by atoms with Gasteiger partial charge in [-0.15, -0.1) is 0 Å². The van der Waals surface area contributed by atoms with Crippen molar-refractivity contribution >= 4 is 11.9 Å². The fraction of sp³-hybridized carbons (Fsp3) is 0.348. The molecular weight excluding hydrogens is 356 g/mol. The van der Waals surface area contributed by atoms with Crippen LogP contribution in [-0.4, -0.2) is 38.8 Å². The number of ether oxygens (including phenoxy) is 4. The minimum absolute atomic E-state index is 0.0827. The van der Waals surface area contributed by atoms with E-state index >= 15 is 0 Å². The lowest BCUT2D eigenvalue weighted by molar-refractivity contribution is 0.104. The van der Waals surface area contributed by atoms with Crippen LogP contribution in [0.2, 0.25) is 0 Å². The Morgan fingerprint density at radius 1 is 1.18 bits per heavy atom. The number of carbonyl (C=O) groups is 1. The number of hydrogen-bond donors (Lipinski definition) is 0. The van der Waals surface area contributed by atoms with Crippen molar-refractivity contribution in [3.05, 3.63) is 59.2 Å². The van der Waals surface area contributed by atoms with Gasteiger partial charge in [0.25, 0.3) is 0 Å². The number of rotatable bonds is 9. The van der Waals surface area contributed by atoms with Crippen molar-refractivity contribution in [2.45, 2.75) is 26.4 Å². The van der Waals surface area contributed by atoms with Crippen molar-refractivity contribution in [2.75, 3.05) is 26.9 Å². The third kappa shape index (κ3) is 4.93. The maximum atomic E-state index is 12.5. The van der Waals surface area contributed by atoms with Crippen LogP contribution in [0.1, 0.15) is 35.3 Å². The number of fused-ring (bicyclic) bond motifs is 1. The molecule has 1 atom stereocenters. The molecule has 2 aromatic carbocycles. The Morgan fingerprint density at radius 3 is 2.68 bits per heavy atom. The Balaban J connectivity index is 1.72. The Bertz CT molecular complexity index is 839. The molecule has 1 aliphatic rings. The van der Waals surface area contributed by atoms with Gasteiger partial charge in [-0.25, -0.2) is 0 Å². The highest BCUT2D eigenvalue weighted by Crippen LogP contribution is 2.35. The van der Waals surface area contributed by atoms with Gasteiger partial charge in [0.15, 0.2) is 5.78 Å². The van der Waals surface area contributed by atoms with E-state index in [2.05, 4.69) is 0 Å². The van der Waals surface area contributed by atoms with E-state index in [-0.39, 0.29) is 11.9 Å². The molecule has 0 aliphatic carbocycles. The van der Waals surface area contributed by atoms with Crippen molar-refractivity contribution in [1.29, 1.82) is 0 Å². The number of ketones is 1. The summed E-state index contributed by atoms with van der Waals surface area (Å²) in [5.74, 6) is 2.26. The summed E-state index contributed by atoms with van der Waals surface area (Å²) in [4.78, 5) is 12.5. The van der Waals surface area contributed by atoms with Gasteiger partial charge in [0.1, 0.15) is 30.0 Å². The smallest absolute Gasteiger partial charge is 0.185 e. The molecule has 0 amide bonds. The van der Waals surface area contributed by atoms with E-state index in [0.29, 0.717) is 31.1 Å². The van der Waals surface area contributed by atoms with Crippen molar-refractivity contribution in [3.63, 3.8) is 0 Å². The van der Waals surface area contributed by atoms with E-state index in [1.165, 1.54) is 0 Å². The second-order valence-electron chi connectivity index (χ2n) is 6.63. The molecule has 0 aromatic heterocycles. The average molecular weight is 382 g/mol. The van der Waals surface area contributed by atoms with Crippen LogP contribution < -0.4 is 14.2 Å². The van der Waals surface area contributed by atoms with E-state index in [1.807, 2.05) is 26.0 Å². The number of benzene rings is 2. The molecule has 1 aliphatic heterocycles. The summed E-state index contributed by atoms with van der Waals surface area (Å²) in [6.45, 7) is 5.55. The zero-order valence-corrected chi connectivity index (χ0v) is 16.6. The van der Waals surface area contributed by atoms with E-state index in [9.17, 15) is 4.79 Å². The molecule has 0 radical (unpaired) electrons. The maximum absolute atomic E-state index is 12.5. The van der Waals surface area contributed by atoms with Crippen molar-refractivity contribution in [3.8, 4) is 17.2 Å². The first-order valence-electron chi connectivity index (χ1n) is 9.51. The van der Waals surface area contributed by atoms with E-state index in [4.69, 9.17) is 18.9 Å². The lowest BCUT2D eigenvalue weighted by Gasteiger charge is -2.10. The number of carbonyl (C=O) groups excluding carboxylic acids is 1. The van der Waals surface area contributed by atoms with Gasteiger partial charge in [-0.3, -0.25) is 4.79 Å². The lowest BCUT2D eigenvalue weighted by atomic mass is 10.0. The Labute approximate surface area is 165 Å². The maximum Gasteiger partial charge on any atom is 0.185 e. The summed E-state index contributed by atoms with van der Waals surface area (Å²) >= 11 is 0. The summed E-state index contributed by atoms with van der Waals surface area (Å²) < 4.78 is 22.1. The molecule has 0 fully saturated rings. The van der Waals surface area contributed by atoms with Crippen LogP contribution in [0.5, 0.6) is 17.2 Å². The summed E-state index contributed by atoms with van der Waals surface area (Å²) in [5.41, 5.74) is 2.57.